The minimum absolute atomic E-state index is 0.0415. The van der Waals surface area contributed by atoms with E-state index in [1.807, 2.05) is 82.3 Å². The number of benzene rings is 3. The molecule has 198 valence electrons. The summed E-state index contributed by atoms with van der Waals surface area (Å²) in [5.74, 6) is -0.678. The predicted octanol–water partition coefficient (Wildman–Crippen LogP) is 4.64. The maximum absolute atomic E-state index is 13.9. The Balaban J connectivity index is 2.03. The topological polar surface area (TPSA) is 86.8 Å². The minimum atomic E-state index is -3.81. The summed E-state index contributed by atoms with van der Waals surface area (Å²) in [6.45, 7) is 7.51. The largest absolute Gasteiger partial charge is 0.352 e. The summed E-state index contributed by atoms with van der Waals surface area (Å²) in [4.78, 5) is 28.7. The van der Waals surface area contributed by atoms with Gasteiger partial charge in [0, 0.05) is 18.0 Å². The Hall–Kier alpha value is -3.39. The van der Waals surface area contributed by atoms with Gasteiger partial charge in [0.15, 0.2) is 0 Å². The van der Waals surface area contributed by atoms with Crippen LogP contribution in [-0.4, -0.2) is 50.0 Å². The van der Waals surface area contributed by atoms with Gasteiger partial charge in [0.2, 0.25) is 21.8 Å². The van der Waals surface area contributed by atoms with Crippen LogP contribution >= 0.6 is 0 Å². The van der Waals surface area contributed by atoms with Crippen LogP contribution < -0.4 is 9.62 Å². The van der Waals surface area contributed by atoms with E-state index in [0.717, 1.165) is 38.9 Å². The molecule has 0 bridgehead atoms. The van der Waals surface area contributed by atoms with Gasteiger partial charge in [0.05, 0.1) is 11.9 Å². The highest BCUT2D eigenvalue weighted by atomic mass is 32.2. The van der Waals surface area contributed by atoms with Crippen molar-refractivity contribution in [3.63, 3.8) is 0 Å². The van der Waals surface area contributed by atoms with Crippen molar-refractivity contribution in [3.05, 3.63) is 77.9 Å². The number of fused-ring (bicyclic) bond motifs is 1. The number of amides is 2. The first-order chi connectivity index (χ1) is 17.6. The summed E-state index contributed by atoms with van der Waals surface area (Å²) in [6, 6.07) is 19.8. The van der Waals surface area contributed by atoms with Crippen molar-refractivity contribution in [3.8, 4) is 0 Å². The summed E-state index contributed by atoms with van der Waals surface area (Å²) in [7, 11) is -3.81. The molecular weight excluding hydrogens is 486 g/mol. The number of sulfonamides is 1. The molecule has 8 heteroatoms. The molecule has 3 aromatic rings. The highest BCUT2D eigenvalue weighted by Crippen LogP contribution is 2.29. The van der Waals surface area contributed by atoms with E-state index >= 15 is 0 Å². The maximum atomic E-state index is 13.9. The van der Waals surface area contributed by atoms with Crippen LogP contribution in [0.3, 0.4) is 0 Å². The molecule has 2 atom stereocenters. The molecule has 0 aliphatic carbocycles. The Labute approximate surface area is 220 Å². The average molecular weight is 524 g/mol. The molecular formula is C29H37N3O4S. The van der Waals surface area contributed by atoms with Crippen LogP contribution in [0.15, 0.2) is 66.7 Å². The van der Waals surface area contributed by atoms with Crippen molar-refractivity contribution in [2.45, 2.75) is 59.2 Å². The number of anilines is 1. The average Bonchev–Trinajstić information content (AvgIpc) is 2.87. The highest BCUT2D eigenvalue weighted by molar-refractivity contribution is 7.92. The number of aryl methyl sites for hydroxylation is 1. The van der Waals surface area contributed by atoms with E-state index in [4.69, 9.17) is 0 Å². The predicted molar refractivity (Wildman–Crippen MR) is 150 cm³/mol. The van der Waals surface area contributed by atoms with Gasteiger partial charge in [-0.2, -0.15) is 0 Å². The lowest BCUT2D eigenvalue weighted by atomic mass is 10.1. The number of carbonyl (C=O) groups is 2. The van der Waals surface area contributed by atoms with Crippen molar-refractivity contribution >= 4 is 38.3 Å². The van der Waals surface area contributed by atoms with Crippen LogP contribution in [0.25, 0.3) is 10.8 Å². The molecule has 3 aromatic carbocycles. The van der Waals surface area contributed by atoms with E-state index in [2.05, 4.69) is 5.32 Å². The van der Waals surface area contributed by atoms with Gasteiger partial charge in [0.25, 0.3) is 0 Å². The van der Waals surface area contributed by atoms with E-state index in [-0.39, 0.29) is 18.5 Å². The van der Waals surface area contributed by atoms with Gasteiger partial charge in [-0.05, 0) is 49.3 Å². The van der Waals surface area contributed by atoms with Crippen LogP contribution in [-0.2, 0) is 26.2 Å². The van der Waals surface area contributed by atoms with Crippen molar-refractivity contribution in [2.24, 2.45) is 0 Å². The van der Waals surface area contributed by atoms with Crippen LogP contribution in [0.5, 0.6) is 0 Å². The normalized spacial score (nSPS) is 13.1. The zero-order valence-corrected chi connectivity index (χ0v) is 23.1. The van der Waals surface area contributed by atoms with Gasteiger partial charge < -0.3 is 10.2 Å². The van der Waals surface area contributed by atoms with Crippen LogP contribution in [0, 0.1) is 6.92 Å². The van der Waals surface area contributed by atoms with E-state index in [1.54, 1.807) is 12.1 Å². The van der Waals surface area contributed by atoms with E-state index in [0.29, 0.717) is 12.1 Å². The quantitative estimate of drug-likeness (QED) is 0.397. The molecule has 2 amide bonds. The Morgan fingerprint density at radius 2 is 1.57 bits per heavy atom. The Morgan fingerprint density at radius 1 is 0.919 bits per heavy atom. The number of hydrogen-bond acceptors (Lipinski definition) is 4. The molecule has 0 unspecified atom stereocenters. The smallest absolute Gasteiger partial charge is 0.244 e. The molecule has 0 radical (unpaired) electrons. The monoisotopic (exact) mass is 523 g/mol. The number of carbonyl (C=O) groups excluding carboxylic acids is 2. The molecule has 0 aliphatic rings. The third-order valence-corrected chi connectivity index (χ3v) is 7.83. The van der Waals surface area contributed by atoms with Crippen LogP contribution in [0.2, 0.25) is 0 Å². The zero-order chi connectivity index (χ0) is 27.2. The standard InChI is InChI=1S/C29H37N3O4S/c1-6-22(4)30-29(34)26(7-2)31(19-24-15-9-8-13-21(24)3)28(33)20-32(37(5,35)36)27-18-12-16-23-14-10-11-17-25(23)27/h8-18,22,26H,6-7,19-20H2,1-5H3,(H,30,34)/t22-,26+/m1/s1. The lowest BCUT2D eigenvalue weighted by molar-refractivity contribution is -0.140. The van der Waals surface area contributed by atoms with Crippen molar-refractivity contribution < 1.29 is 18.0 Å². The first-order valence-electron chi connectivity index (χ1n) is 12.7. The summed E-state index contributed by atoms with van der Waals surface area (Å²) in [5, 5.41) is 4.60. The number of rotatable bonds is 11. The number of hydrogen-bond donors (Lipinski definition) is 1. The van der Waals surface area contributed by atoms with Gasteiger partial charge >= 0.3 is 0 Å². The summed E-state index contributed by atoms with van der Waals surface area (Å²) in [6.07, 6.45) is 2.25. The fraction of sp³-hybridized carbons (Fsp3) is 0.379. The molecule has 0 aliphatic heterocycles. The molecule has 0 heterocycles. The van der Waals surface area contributed by atoms with Crippen LogP contribution in [0.1, 0.15) is 44.7 Å². The first kappa shape index (κ1) is 28.2. The van der Waals surface area contributed by atoms with Gasteiger partial charge in [-0.1, -0.05) is 74.5 Å². The summed E-state index contributed by atoms with van der Waals surface area (Å²) in [5.41, 5.74) is 2.33. The van der Waals surface area contributed by atoms with E-state index < -0.39 is 28.5 Å². The second-order valence-corrected chi connectivity index (χ2v) is 11.4. The second-order valence-electron chi connectivity index (χ2n) is 9.46. The SMILES string of the molecule is CC[C@@H](C)NC(=O)[C@H](CC)N(Cc1ccccc1C)C(=O)CN(c1cccc2ccccc12)S(C)(=O)=O. The Morgan fingerprint density at radius 3 is 2.22 bits per heavy atom. The number of nitrogens with zero attached hydrogens (tertiary/aromatic N) is 2. The van der Waals surface area contributed by atoms with Crippen molar-refractivity contribution in [1.82, 2.24) is 10.2 Å². The summed E-state index contributed by atoms with van der Waals surface area (Å²) >= 11 is 0. The van der Waals surface area contributed by atoms with Crippen LogP contribution in [0.4, 0.5) is 5.69 Å². The van der Waals surface area contributed by atoms with Gasteiger partial charge in [-0.3, -0.25) is 13.9 Å². The van der Waals surface area contributed by atoms with Gasteiger partial charge in [0.1, 0.15) is 12.6 Å². The first-order valence-corrected chi connectivity index (χ1v) is 14.5. The van der Waals surface area contributed by atoms with E-state index in [1.165, 1.54) is 4.90 Å². The fourth-order valence-corrected chi connectivity index (χ4v) is 5.21. The molecule has 0 spiro atoms. The Bertz CT molecular complexity index is 1350. The lowest BCUT2D eigenvalue weighted by Crippen LogP contribution is -2.53. The zero-order valence-electron chi connectivity index (χ0n) is 22.3. The Kier molecular flexibility index (Phi) is 9.32. The molecule has 7 nitrogen and oxygen atoms in total. The number of nitrogens with one attached hydrogen (secondary N) is 1. The molecule has 0 aromatic heterocycles. The van der Waals surface area contributed by atoms with E-state index in [9.17, 15) is 18.0 Å². The molecule has 0 fully saturated rings. The maximum Gasteiger partial charge on any atom is 0.244 e. The lowest BCUT2D eigenvalue weighted by Gasteiger charge is -2.34. The summed E-state index contributed by atoms with van der Waals surface area (Å²) < 4.78 is 27.1. The van der Waals surface area contributed by atoms with Crippen molar-refractivity contribution in [1.29, 1.82) is 0 Å². The minimum Gasteiger partial charge on any atom is -0.352 e. The third kappa shape index (κ3) is 6.89. The molecule has 0 saturated carbocycles. The van der Waals surface area contributed by atoms with Gasteiger partial charge in [-0.25, -0.2) is 8.42 Å². The third-order valence-electron chi connectivity index (χ3n) is 6.70. The van der Waals surface area contributed by atoms with Gasteiger partial charge in [-0.15, -0.1) is 0 Å². The highest BCUT2D eigenvalue weighted by Gasteiger charge is 2.32. The van der Waals surface area contributed by atoms with Crippen molar-refractivity contribution in [2.75, 3.05) is 17.1 Å². The second kappa shape index (κ2) is 12.2. The molecule has 0 saturated heterocycles. The molecule has 1 N–H and O–H groups in total. The molecule has 37 heavy (non-hydrogen) atoms. The fourth-order valence-electron chi connectivity index (χ4n) is 4.35. The molecule has 3 rings (SSSR count).